The van der Waals surface area contributed by atoms with Crippen molar-refractivity contribution in [3.05, 3.63) is 0 Å². The second-order valence-corrected chi connectivity index (χ2v) is 2.39. The zero-order chi connectivity index (χ0) is 7.07. The van der Waals surface area contributed by atoms with Gasteiger partial charge in [0.1, 0.15) is 0 Å². The lowest BCUT2D eigenvalue weighted by molar-refractivity contribution is -0.199. The molecule has 0 aliphatic heterocycles. The highest BCUT2D eigenvalue weighted by molar-refractivity contribution is 5.85. The van der Waals surface area contributed by atoms with Crippen LogP contribution in [0.1, 0.15) is 12.8 Å². The van der Waals surface area contributed by atoms with E-state index in [1.54, 1.807) is 0 Å². The first-order valence-electron chi connectivity index (χ1n) is 2.84. The molecule has 5 heteroatoms. The molecule has 1 fully saturated rings. The Labute approximate surface area is 63.2 Å². The van der Waals surface area contributed by atoms with E-state index in [-0.39, 0.29) is 18.8 Å². The molecular formula is C5H9ClF3N. The second-order valence-electron chi connectivity index (χ2n) is 2.39. The molecule has 0 saturated heterocycles. The van der Waals surface area contributed by atoms with Gasteiger partial charge in [0.05, 0.1) is 5.92 Å². The third kappa shape index (κ3) is 1.76. The monoisotopic (exact) mass is 175 g/mol. The van der Waals surface area contributed by atoms with Crippen molar-refractivity contribution in [2.45, 2.75) is 25.1 Å². The maximum absolute atomic E-state index is 11.7. The van der Waals surface area contributed by atoms with Gasteiger partial charge in [0.15, 0.2) is 0 Å². The second kappa shape index (κ2) is 2.96. The Morgan fingerprint density at radius 2 is 1.70 bits per heavy atom. The molecule has 0 unspecified atom stereocenters. The largest absolute Gasteiger partial charge is 0.393 e. The SMILES string of the molecule is Cl.N[C@H]1CC[C@H]1C(F)(F)F. The third-order valence-electron chi connectivity index (χ3n) is 1.75. The Morgan fingerprint density at radius 1 is 1.20 bits per heavy atom. The minimum atomic E-state index is -4.06. The van der Waals surface area contributed by atoms with Crippen LogP contribution in [-0.2, 0) is 0 Å². The van der Waals surface area contributed by atoms with E-state index >= 15 is 0 Å². The lowest BCUT2D eigenvalue weighted by Gasteiger charge is -2.34. The number of halogens is 4. The third-order valence-corrected chi connectivity index (χ3v) is 1.75. The Kier molecular flexibility index (Phi) is 2.98. The van der Waals surface area contributed by atoms with Crippen LogP contribution in [0.5, 0.6) is 0 Å². The summed E-state index contributed by atoms with van der Waals surface area (Å²) in [6.45, 7) is 0. The molecular weight excluding hydrogens is 167 g/mol. The predicted molar refractivity (Wildman–Crippen MR) is 34.0 cm³/mol. The highest BCUT2D eigenvalue weighted by Crippen LogP contribution is 2.39. The summed E-state index contributed by atoms with van der Waals surface area (Å²) in [7, 11) is 0. The molecule has 0 spiro atoms. The number of alkyl halides is 3. The van der Waals surface area contributed by atoms with E-state index in [1.807, 2.05) is 0 Å². The molecule has 0 aromatic heterocycles. The van der Waals surface area contributed by atoms with Crippen LogP contribution in [0.3, 0.4) is 0 Å². The van der Waals surface area contributed by atoms with Gasteiger partial charge in [0, 0.05) is 6.04 Å². The molecule has 1 saturated carbocycles. The van der Waals surface area contributed by atoms with Gasteiger partial charge in [-0.05, 0) is 12.8 Å². The minimum Gasteiger partial charge on any atom is -0.327 e. The van der Waals surface area contributed by atoms with E-state index in [4.69, 9.17) is 5.73 Å². The fourth-order valence-corrected chi connectivity index (χ4v) is 0.932. The zero-order valence-electron chi connectivity index (χ0n) is 5.19. The normalized spacial score (nSPS) is 32.4. The van der Waals surface area contributed by atoms with E-state index in [1.165, 1.54) is 0 Å². The fourth-order valence-electron chi connectivity index (χ4n) is 0.932. The predicted octanol–water partition coefficient (Wildman–Crippen LogP) is 1.71. The summed E-state index contributed by atoms with van der Waals surface area (Å²) in [6, 6.07) is -0.634. The van der Waals surface area contributed by atoms with Crippen molar-refractivity contribution < 1.29 is 13.2 Å². The lowest BCUT2D eigenvalue weighted by Crippen LogP contribution is -2.47. The number of nitrogens with two attached hydrogens (primary N) is 1. The van der Waals surface area contributed by atoms with E-state index in [0.29, 0.717) is 6.42 Å². The smallest absolute Gasteiger partial charge is 0.327 e. The molecule has 2 N–H and O–H groups in total. The summed E-state index contributed by atoms with van der Waals surface area (Å²) in [5.41, 5.74) is 5.09. The van der Waals surface area contributed by atoms with E-state index in [2.05, 4.69) is 0 Å². The van der Waals surface area contributed by atoms with Gasteiger partial charge in [-0.3, -0.25) is 0 Å². The van der Waals surface area contributed by atoms with Crippen LogP contribution >= 0.6 is 12.4 Å². The Morgan fingerprint density at radius 3 is 1.70 bits per heavy atom. The lowest BCUT2D eigenvalue weighted by atomic mass is 9.80. The van der Waals surface area contributed by atoms with E-state index in [9.17, 15) is 13.2 Å². The van der Waals surface area contributed by atoms with Crippen molar-refractivity contribution in [3.8, 4) is 0 Å². The summed E-state index contributed by atoms with van der Waals surface area (Å²) in [5.74, 6) is -1.22. The first kappa shape index (κ1) is 10.0. The molecule has 0 aromatic rings. The molecule has 0 heterocycles. The van der Waals surface area contributed by atoms with Gasteiger partial charge in [0.25, 0.3) is 0 Å². The average molecular weight is 176 g/mol. The Hall–Kier alpha value is 0.0400. The maximum atomic E-state index is 11.7. The number of rotatable bonds is 0. The number of hydrogen-bond donors (Lipinski definition) is 1. The van der Waals surface area contributed by atoms with Crippen molar-refractivity contribution in [3.63, 3.8) is 0 Å². The minimum absolute atomic E-state index is 0. The standard InChI is InChI=1S/C5H8F3N.ClH/c6-5(7,8)3-1-2-4(3)9;/h3-4H,1-2,9H2;1H/t3-,4+;/m1./s1. The molecule has 0 bridgehead atoms. The number of hydrogen-bond acceptors (Lipinski definition) is 1. The topological polar surface area (TPSA) is 26.0 Å². The molecule has 1 rings (SSSR count). The van der Waals surface area contributed by atoms with Crippen LogP contribution in [-0.4, -0.2) is 12.2 Å². The van der Waals surface area contributed by atoms with Crippen LogP contribution in [0, 0.1) is 5.92 Å². The first-order valence-corrected chi connectivity index (χ1v) is 2.84. The quantitative estimate of drug-likeness (QED) is 0.596. The van der Waals surface area contributed by atoms with Crippen molar-refractivity contribution in [1.82, 2.24) is 0 Å². The summed E-state index contributed by atoms with van der Waals surface area (Å²) in [5, 5.41) is 0. The van der Waals surface area contributed by atoms with Gasteiger partial charge < -0.3 is 5.73 Å². The van der Waals surface area contributed by atoms with Gasteiger partial charge in [-0.2, -0.15) is 13.2 Å². The molecule has 0 amide bonds. The summed E-state index contributed by atoms with van der Waals surface area (Å²) < 4.78 is 35.0. The van der Waals surface area contributed by atoms with E-state index < -0.39 is 18.1 Å². The van der Waals surface area contributed by atoms with Gasteiger partial charge >= 0.3 is 6.18 Å². The van der Waals surface area contributed by atoms with Gasteiger partial charge in [-0.15, -0.1) is 12.4 Å². The van der Waals surface area contributed by atoms with Gasteiger partial charge in [0.2, 0.25) is 0 Å². The molecule has 1 nitrogen and oxygen atoms in total. The molecule has 10 heavy (non-hydrogen) atoms. The molecule has 1 aliphatic carbocycles. The van der Waals surface area contributed by atoms with Crippen LogP contribution in [0.15, 0.2) is 0 Å². The molecule has 0 aromatic carbocycles. The average Bonchev–Trinajstić information content (AvgIpc) is 1.57. The first-order chi connectivity index (χ1) is 4.02. The van der Waals surface area contributed by atoms with Crippen molar-refractivity contribution in [2.75, 3.05) is 0 Å². The highest BCUT2D eigenvalue weighted by Gasteiger charge is 2.48. The van der Waals surface area contributed by atoms with Gasteiger partial charge in [-0.25, -0.2) is 0 Å². The van der Waals surface area contributed by atoms with Crippen LogP contribution in [0.25, 0.3) is 0 Å². The molecule has 2 atom stereocenters. The molecule has 62 valence electrons. The van der Waals surface area contributed by atoms with Crippen LogP contribution < -0.4 is 5.73 Å². The Balaban J connectivity index is 0.000000810. The summed E-state index contributed by atoms with van der Waals surface area (Å²) >= 11 is 0. The fraction of sp³-hybridized carbons (Fsp3) is 1.00. The van der Waals surface area contributed by atoms with E-state index in [0.717, 1.165) is 0 Å². The van der Waals surface area contributed by atoms with Crippen LogP contribution in [0.2, 0.25) is 0 Å². The zero-order valence-corrected chi connectivity index (χ0v) is 6.00. The summed E-state index contributed by atoms with van der Waals surface area (Å²) in [4.78, 5) is 0. The summed E-state index contributed by atoms with van der Waals surface area (Å²) in [6.07, 6.45) is -3.33. The molecule has 0 radical (unpaired) electrons. The van der Waals surface area contributed by atoms with Gasteiger partial charge in [-0.1, -0.05) is 0 Å². The van der Waals surface area contributed by atoms with Crippen LogP contribution in [0.4, 0.5) is 13.2 Å². The highest BCUT2D eigenvalue weighted by atomic mass is 35.5. The molecule has 1 aliphatic rings. The Bertz CT molecular complexity index is 114. The maximum Gasteiger partial charge on any atom is 0.393 e. The van der Waals surface area contributed by atoms with Crippen molar-refractivity contribution in [1.29, 1.82) is 0 Å². The van der Waals surface area contributed by atoms with Crippen molar-refractivity contribution in [2.24, 2.45) is 11.7 Å². The van der Waals surface area contributed by atoms with Crippen molar-refractivity contribution >= 4 is 12.4 Å².